The molecule has 1 aliphatic heterocycles. The molecule has 0 saturated carbocycles. The fraction of sp³-hybridized carbons (Fsp3) is 0.273. The maximum atomic E-state index is 13.8. The fourth-order valence-electron chi connectivity index (χ4n) is 5.03. The first-order valence-electron chi connectivity index (χ1n) is 14.5. The number of allylic oxidation sites excluding steroid dienone is 1. The van der Waals surface area contributed by atoms with Crippen LogP contribution in [0.25, 0.3) is 0 Å². The van der Waals surface area contributed by atoms with Gasteiger partial charge in [-0.2, -0.15) is 4.98 Å². The van der Waals surface area contributed by atoms with Crippen LogP contribution in [0.1, 0.15) is 43.5 Å². The Balaban J connectivity index is 1.44. The van der Waals surface area contributed by atoms with E-state index >= 15 is 0 Å². The number of hydrogen-bond acceptors (Lipinski definition) is 7. The molecule has 2 heterocycles. The third kappa shape index (κ3) is 7.09. The molecular formula is C33H35ClN6O3S. The van der Waals surface area contributed by atoms with E-state index in [2.05, 4.69) is 10.6 Å². The molecule has 5 rings (SSSR count). The van der Waals surface area contributed by atoms with Crippen molar-refractivity contribution >= 4 is 46.8 Å². The third-order valence-electron chi connectivity index (χ3n) is 7.34. The Bertz CT molecular complexity index is 1680. The SMILES string of the molecule is CCN(CC)C(=O)COc1ccc(C2C(C(=O)Nc3cccc(C)c3)=C(C)Nc3nc(SCc4ccccc4Cl)nn32)cc1. The normalized spacial score (nSPS) is 14.1. The van der Waals surface area contributed by atoms with Crippen molar-refractivity contribution in [2.45, 2.75) is 44.6 Å². The molecule has 0 saturated heterocycles. The van der Waals surface area contributed by atoms with Crippen LogP contribution in [0, 0.1) is 6.92 Å². The van der Waals surface area contributed by atoms with E-state index in [-0.39, 0.29) is 18.4 Å². The summed E-state index contributed by atoms with van der Waals surface area (Å²) in [6.45, 7) is 8.94. The van der Waals surface area contributed by atoms with E-state index in [4.69, 9.17) is 26.4 Å². The number of nitrogens with zero attached hydrogens (tertiary/aromatic N) is 4. The average Bonchev–Trinajstić information content (AvgIpc) is 3.42. The highest BCUT2D eigenvalue weighted by Gasteiger charge is 2.34. The minimum atomic E-state index is -0.565. The van der Waals surface area contributed by atoms with E-state index < -0.39 is 6.04 Å². The zero-order chi connectivity index (χ0) is 31.2. The summed E-state index contributed by atoms with van der Waals surface area (Å²) in [5, 5.41) is 12.4. The summed E-state index contributed by atoms with van der Waals surface area (Å²) < 4.78 is 7.54. The predicted octanol–water partition coefficient (Wildman–Crippen LogP) is 6.71. The predicted molar refractivity (Wildman–Crippen MR) is 175 cm³/mol. The Morgan fingerprint density at radius 1 is 1.05 bits per heavy atom. The third-order valence-corrected chi connectivity index (χ3v) is 8.60. The molecule has 4 aromatic rings. The molecule has 0 aliphatic carbocycles. The molecule has 0 spiro atoms. The largest absolute Gasteiger partial charge is 0.484 e. The van der Waals surface area contributed by atoms with E-state index in [9.17, 15) is 9.59 Å². The van der Waals surface area contributed by atoms with Crippen molar-refractivity contribution in [2.75, 3.05) is 30.3 Å². The molecular weight excluding hydrogens is 596 g/mol. The monoisotopic (exact) mass is 630 g/mol. The van der Waals surface area contributed by atoms with E-state index in [0.717, 1.165) is 16.7 Å². The van der Waals surface area contributed by atoms with E-state index in [0.29, 0.717) is 57.7 Å². The van der Waals surface area contributed by atoms with Gasteiger partial charge in [0.2, 0.25) is 11.1 Å². The maximum absolute atomic E-state index is 13.8. The number of fused-ring (bicyclic) bond motifs is 1. The molecule has 1 aliphatic rings. The van der Waals surface area contributed by atoms with Crippen molar-refractivity contribution in [1.82, 2.24) is 19.7 Å². The number of aromatic nitrogens is 3. The summed E-state index contributed by atoms with van der Waals surface area (Å²) in [5.41, 5.74) is 4.73. The van der Waals surface area contributed by atoms with Crippen LogP contribution in [0.2, 0.25) is 5.02 Å². The van der Waals surface area contributed by atoms with Crippen LogP contribution in [0.3, 0.4) is 0 Å². The highest BCUT2D eigenvalue weighted by Crippen LogP contribution is 2.38. The van der Waals surface area contributed by atoms with Gasteiger partial charge in [0, 0.05) is 35.2 Å². The van der Waals surface area contributed by atoms with Gasteiger partial charge in [-0.05, 0) is 74.7 Å². The summed E-state index contributed by atoms with van der Waals surface area (Å²) in [5.74, 6) is 1.37. The first-order valence-corrected chi connectivity index (χ1v) is 15.8. The Kier molecular flexibility index (Phi) is 9.92. The van der Waals surface area contributed by atoms with Crippen molar-refractivity contribution in [1.29, 1.82) is 0 Å². The second-order valence-electron chi connectivity index (χ2n) is 10.4. The molecule has 2 N–H and O–H groups in total. The molecule has 228 valence electrons. The molecule has 1 aromatic heterocycles. The number of aryl methyl sites for hydroxylation is 1. The molecule has 2 amide bonds. The van der Waals surface area contributed by atoms with Gasteiger partial charge >= 0.3 is 0 Å². The van der Waals surface area contributed by atoms with E-state index in [1.807, 2.05) is 100 Å². The van der Waals surface area contributed by atoms with Gasteiger partial charge in [-0.3, -0.25) is 9.59 Å². The van der Waals surface area contributed by atoms with E-state index in [1.165, 1.54) is 11.8 Å². The maximum Gasteiger partial charge on any atom is 0.260 e. The first kappa shape index (κ1) is 31.2. The van der Waals surface area contributed by atoms with Crippen LogP contribution in [0.4, 0.5) is 11.6 Å². The minimum absolute atomic E-state index is 0.0449. The number of halogens is 1. The van der Waals surface area contributed by atoms with Gasteiger partial charge < -0.3 is 20.3 Å². The summed E-state index contributed by atoms with van der Waals surface area (Å²) >= 11 is 7.84. The van der Waals surface area contributed by atoms with Gasteiger partial charge in [0.25, 0.3) is 11.8 Å². The Morgan fingerprint density at radius 3 is 2.50 bits per heavy atom. The lowest BCUT2D eigenvalue weighted by molar-refractivity contribution is -0.133. The highest BCUT2D eigenvalue weighted by atomic mass is 35.5. The smallest absolute Gasteiger partial charge is 0.260 e. The lowest BCUT2D eigenvalue weighted by Gasteiger charge is -2.28. The van der Waals surface area contributed by atoms with Crippen molar-refractivity contribution in [2.24, 2.45) is 0 Å². The second-order valence-corrected chi connectivity index (χ2v) is 11.7. The number of nitrogens with one attached hydrogen (secondary N) is 2. The molecule has 0 bridgehead atoms. The Morgan fingerprint density at radius 2 is 1.80 bits per heavy atom. The summed E-state index contributed by atoms with van der Waals surface area (Å²) in [6.07, 6.45) is 0. The zero-order valence-corrected chi connectivity index (χ0v) is 26.7. The summed E-state index contributed by atoms with van der Waals surface area (Å²) in [6, 6.07) is 22.2. The van der Waals surface area contributed by atoms with Crippen LogP contribution in [-0.4, -0.2) is 51.2 Å². The molecule has 44 heavy (non-hydrogen) atoms. The summed E-state index contributed by atoms with van der Waals surface area (Å²) in [7, 11) is 0. The van der Waals surface area contributed by atoms with Crippen molar-refractivity contribution in [3.8, 4) is 5.75 Å². The van der Waals surface area contributed by atoms with Gasteiger partial charge in [0.15, 0.2) is 6.61 Å². The Hall–Kier alpha value is -4.28. The minimum Gasteiger partial charge on any atom is -0.484 e. The van der Waals surface area contributed by atoms with Gasteiger partial charge in [-0.25, -0.2) is 4.68 Å². The fourth-order valence-corrected chi connectivity index (χ4v) is 6.15. The standard InChI is InChI=1S/C33H35ClN6O3S/c1-5-39(6-2)28(41)19-43-26-16-14-23(15-17-26)30-29(31(42)36-25-12-9-10-21(3)18-25)22(4)35-32-37-33(38-40(30)32)44-20-24-11-7-8-13-27(24)34/h7-18,30H,5-6,19-20H2,1-4H3,(H,36,42)(H,35,37,38). The van der Waals surface area contributed by atoms with Gasteiger partial charge in [0.05, 0.1) is 5.57 Å². The number of rotatable bonds is 11. The molecule has 11 heteroatoms. The van der Waals surface area contributed by atoms with Gasteiger partial charge in [-0.15, -0.1) is 5.10 Å². The number of amides is 2. The lowest BCUT2D eigenvalue weighted by atomic mass is 9.95. The first-order chi connectivity index (χ1) is 21.3. The van der Waals surface area contributed by atoms with Gasteiger partial charge in [0.1, 0.15) is 11.8 Å². The highest BCUT2D eigenvalue weighted by molar-refractivity contribution is 7.98. The summed E-state index contributed by atoms with van der Waals surface area (Å²) in [4.78, 5) is 32.7. The molecule has 3 aromatic carbocycles. The van der Waals surface area contributed by atoms with Gasteiger partial charge in [-0.1, -0.05) is 65.8 Å². The number of benzene rings is 3. The van der Waals surface area contributed by atoms with Crippen LogP contribution >= 0.6 is 23.4 Å². The Labute approximate surface area is 266 Å². The van der Waals surface area contributed by atoms with Crippen LogP contribution in [-0.2, 0) is 15.3 Å². The average molecular weight is 631 g/mol. The zero-order valence-electron chi connectivity index (χ0n) is 25.1. The van der Waals surface area contributed by atoms with Crippen molar-refractivity contribution < 1.29 is 14.3 Å². The number of likely N-dealkylation sites (N-methyl/N-ethyl adjacent to an activating group) is 1. The van der Waals surface area contributed by atoms with Crippen LogP contribution < -0.4 is 15.4 Å². The number of thioether (sulfide) groups is 1. The van der Waals surface area contributed by atoms with Crippen LogP contribution in [0.15, 0.2) is 89.2 Å². The molecule has 0 fully saturated rings. The number of carbonyl (C=O) groups excluding carboxylic acids is 2. The lowest BCUT2D eigenvalue weighted by Crippen LogP contribution is -2.34. The topological polar surface area (TPSA) is 101 Å². The number of hydrogen-bond donors (Lipinski definition) is 2. The number of carbonyl (C=O) groups is 2. The number of ether oxygens (including phenoxy) is 1. The van der Waals surface area contributed by atoms with Crippen molar-refractivity contribution in [3.05, 3.63) is 106 Å². The quantitative estimate of drug-likeness (QED) is 0.178. The molecule has 9 nitrogen and oxygen atoms in total. The van der Waals surface area contributed by atoms with Crippen molar-refractivity contribution in [3.63, 3.8) is 0 Å². The molecule has 0 radical (unpaired) electrons. The molecule has 1 atom stereocenters. The molecule has 1 unspecified atom stereocenters. The van der Waals surface area contributed by atoms with E-state index in [1.54, 1.807) is 9.58 Å². The number of anilines is 2. The second kappa shape index (κ2) is 14.0. The van der Waals surface area contributed by atoms with Crippen LogP contribution in [0.5, 0.6) is 5.75 Å².